The van der Waals surface area contributed by atoms with Crippen LogP contribution in [-0.4, -0.2) is 33.5 Å². The maximum absolute atomic E-state index is 11.8. The largest absolute Gasteiger partial charge is 0.352 e. The lowest BCUT2D eigenvalue weighted by Crippen LogP contribution is -2.32. The molecule has 1 aromatic carbocycles. The van der Waals surface area contributed by atoms with Gasteiger partial charge in [-0.25, -0.2) is 13.6 Å². The van der Waals surface area contributed by atoms with Crippen molar-refractivity contribution in [3.05, 3.63) is 29.8 Å². The maximum atomic E-state index is 11.8. The van der Waals surface area contributed by atoms with E-state index in [0.717, 1.165) is 13.0 Å². The van der Waals surface area contributed by atoms with Gasteiger partial charge < -0.3 is 10.6 Å². The van der Waals surface area contributed by atoms with Gasteiger partial charge in [-0.2, -0.15) is 0 Å². The summed E-state index contributed by atoms with van der Waals surface area (Å²) >= 11 is 0. The number of rotatable bonds is 7. The predicted octanol–water partition coefficient (Wildman–Crippen LogP) is 0.452. The number of carbonyl (C=O) groups excluding carboxylic acids is 1. The maximum Gasteiger partial charge on any atom is 0.251 e. The number of carbonyl (C=O) groups is 1. The first-order valence-electron chi connectivity index (χ1n) is 6.49. The first kappa shape index (κ1) is 16.6. The third kappa shape index (κ3) is 5.28. The summed E-state index contributed by atoms with van der Waals surface area (Å²) < 4.78 is 22.2. The van der Waals surface area contributed by atoms with E-state index in [1.807, 2.05) is 6.92 Å². The molecule has 1 aromatic rings. The van der Waals surface area contributed by atoms with E-state index >= 15 is 0 Å². The molecule has 4 N–H and O–H groups in total. The first-order chi connectivity index (χ1) is 9.34. The number of nitrogens with one attached hydrogen (secondary N) is 2. The van der Waals surface area contributed by atoms with Gasteiger partial charge in [0.05, 0.1) is 4.90 Å². The van der Waals surface area contributed by atoms with Gasteiger partial charge in [-0.15, -0.1) is 0 Å². The monoisotopic (exact) mass is 299 g/mol. The molecule has 0 bridgehead atoms. The van der Waals surface area contributed by atoms with Crippen molar-refractivity contribution in [2.45, 2.75) is 31.2 Å². The van der Waals surface area contributed by atoms with Gasteiger partial charge in [0.25, 0.3) is 5.91 Å². The van der Waals surface area contributed by atoms with Crippen LogP contribution in [0, 0.1) is 0 Å². The lowest BCUT2D eigenvalue weighted by atomic mass is 10.2. The van der Waals surface area contributed by atoms with Gasteiger partial charge in [-0.1, -0.05) is 6.92 Å². The topological polar surface area (TPSA) is 101 Å². The zero-order chi connectivity index (χ0) is 15.2. The molecule has 0 aromatic heterocycles. The second-order valence-corrected chi connectivity index (χ2v) is 6.13. The van der Waals surface area contributed by atoms with Gasteiger partial charge in [0.2, 0.25) is 10.0 Å². The molecule has 1 atom stereocenters. The summed E-state index contributed by atoms with van der Waals surface area (Å²) in [4.78, 5) is 11.8. The summed E-state index contributed by atoms with van der Waals surface area (Å²) in [6.45, 7) is 5.53. The van der Waals surface area contributed by atoms with E-state index in [-0.39, 0.29) is 10.8 Å². The van der Waals surface area contributed by atoms with Crippen LogP contribution in [0.1, 0.15) is 30.6 Å². The average Bonchev–Trinajstić information content (AvgIpc) is 2.38. The molecule has 0 saturated carbocycles. The fourth-order valence-corrected chi connectivity index (χ4v) is 2.27. The Morgan fingerprint density at radius 1 is 1.30 bits per heavy atom. The van der Waals surface area contributed by atoms with E-state index in [4.69, 9.17) is 5.14 Å². The van der Waals surface area contributed by atoms with Crippen molar-refractivity contribution in [3.63, 3.8) is 0 Å². The van der Waals surface area contributed by atoms with Crippen molar-refractivity contribution in [1.82, 2.24) is 10.6 Å². The molecule has 0 aliphatic heterocycles. The zero-order valence-electron chi connectivity index (χ0n) is 11.7. The molecule has 0 fully saturated rings. The van der Waals surface area contributed by atoms with Crippen LogP contribution >= 0.6 is 0 Å². The summed E-state index contributed by atoms with van der Waals surface area (Å²) in [7, 11) is -3.72. The Balaban J connectivity index is 2.52. The number of nitrogens with two attached hydrogens (primary N) is 1. The van der Waals surface area contributed by atoms with Crippen LogP contribution in [0.15, 0.2) is 29.2 Å². The third-order valence-corrected chi connectivity index (χ3v) is 3.79. The lowest BCUT2D eigenvalue weighted by Gasteiger charge is -2.12. The van der Waals surface area contributed by atoms with E-state index in [9.17, 15) is 13.2 Å². The summed E-state index contributed by atoms with van der Waals surface area (Å²) in [6, 6.07) is 5.88. The highest BCUT2D eigenvalue weighted by molar-refractivity contribution is 7.89. The van der Waals surface area contributed by atoms with Crippen molar-refractivity contribution in [2.75, 3.05) is 13.1 Å². The standard InChI is InChI=1S/C13H21N3O3S/c1-3-15-10(2)8-9-16-13(17)11-4-6-12(7-5-11)20(14,18)19/h4-7,10,15H,3,8-9H2,1-2H3,(H,16,17)(H2,14,18,19). The third-order valence-electron chi connectivity index (χ3n) is 2.86. The highest BCUT2D eigenvalue weighted by Crippen LogP contribution is 2.08. The molecule has 1 unspecified atom stereocenters. The van der Waals surface area contributed by atoms with Crippen LogP contribution < -0.4 is 15.8 Å². The van der Waals surface area contributed by atoms with Crippen molar-refractivity contribution >= 4 is 15.9 Å². The predicted molar refractivity (Wildman–Crippen MR) is 77.9 cm³/mol. The molecule has 0 heterocycles. The van der Waals surface area contributed by atoms with Crippen molar-refractivity contribution in [1.29, 1.82) is 0 Å². The average molecular weight is 299 g/mol. The number of hydrogen-bond acceptors (Lipinski definition) is 4. The number of sulfonamides is 1. The smallest absolute Gasteiger partial charge is 0.251 e. The van der Waals surface area contributed by atoms with Crippen LogP contribution in [-0.2, 0) is 10.0 Å². The molecule has 0 aliphatic rings. The fraction of sp³-hybridized carbons (Fsp3) is 0.462. The Morgan fingerprint density at radius 2 is 1.90 bits per heavy atom. The molecule has 1 amide bonds. The van der Waals surface area contributed by atoms with Gasteiger partial charge in [0, 0.05) is 18.2 Å². The van der Waals surface area contributed by atoms with Crippen molar-refractivity contribution in [2.24, 2.45) is 5.14 Å². The number of benzene rings is 1. The molecular weight excluding hydrogens is 278 g/mol. The Bertz CT molecular complexity index is 540. The number of hydrogen-bond donors (Lipinski definition) is 3. The summed E-state index contributed by atoms with van der Waals surface area (Å²) in [5.74, 6) is -0.227. The van der Waals surface area contributed by atoms with Gasteiger partial charge in [-0.3, -0.25) is 4.79 Å². The minimum atomic E-state index is -3.72. The Hall–Kier alpha value is -1.44. The molecule has 6 nitrogen and oxygen atoms in total. The number of amides is 1. The van der Waals surface area contributed by atoms with Crippen molar-refractivity contribution in [3.8, 4) is 0 Å². The Kier molecular flexibility index (Phi) is 6.12. The van der Waals surface area contributed by atoms with Crippen LogP contribution in [0.3, 0.4) is 0 Å². The van der Waals surface area contributed by atoms with Gasteiger partial charge in [-0.05, 0) is 44.2 Å². The first-order valence-corrected chi connectivity index (χ1v) is 8.03. The quantitative estimate of drug-likeness (QED) is 0.680. The van der Waals surface area contributed by atoms with E-state index in [1.165, 1.54) is 24.3 Å². The molecular formula is C13H21N3O3S. The molecule has 0 spiro atoms. The lowest BCUT2D eigenvalue weighted by molar-refractivity contribution is 0.0952. The Morgan fingerprint density at radius 3 is 2.40 bits per heavy atom. The number of primary sulfonamides is 1. The Labute approximate surface area is 119 Å². The normalized spacial score (nSPS) is 12.9. The second kappa shape index (κ2) is 7.37. The summed E-state index contributed by atoms with van der Waals surface area (Å²) in [6.07, 6.45) is 0.828. The van der Waals surface area contributed by atoms with E-state index < -0.39 is 10.0 Å². The molecule has 112 valence electrons. The highest BCUT2D eigenvalue weighted by atomic mass is 32.2. The van der Waals surface area contributed by atoms with Crippen molar-refractivity contribution < 1.29 is 13.2 Å². The summed E-state index contributed by atoms with van der Waals surface area (Å²) in [5.41, 5.74) is 0.411. The second-order valence-electron chi connectivity index (χ2n) is 4.57. The molecule has 1 rings (SSSR count). The van der Waals surface area contributed by atoms with E-state index in [1.54, 1.807) is 0 Å². The fourth-order valence-electron chi connectivity index (χ4n) is 1.75. The molecule has 0 saturated heterocycles. The van der Waals surface area contributed by atoms with E-state index in [0.29, 0.717) is 18.2 Å². The van der Waals surface area contributed by atoms with Gasteiger partial charge in [0.1, 0.15) is 0 Å². The van der Waals surface area contributed by atoms with E-state index in [2.05, 4.69) is 17.6 Å². The highest BCUT2D eigenvalue weighted by Gasteiger charge is 2.10. The van der Waals surface area contributed by atoms with Gasteiger partial charge in [0.15, 0.2) is 0 Å². The van der Waals surface area contributed by atoms with Crippen LogP contribution in [0.4, 0.5) is 0 Å². The van der Waals surface area contributed by atoms with Gasteiger partial charge >= 0.3 is 0 Å². The zero-order valence-corrected chi connectivity index (χ0v) is 12.5. The SMILES string of the molecule is CCNC(C)CCNC(=O)c1ccc(S(N)(=O)=O)cc1. The summed E-state index contributed by atoms with van der Waals surface area (Å²) in [5, 5.41) is 11.0. The molecule has 0 aliphatic carbocycles. The molecule has 0 radical (unpaired) electrons. The minimum Gasteiger partial charge on any atom is -0.352 e. The van der Waals surface area contributed by atoms with Crippen LogP contribution in [0.25, 0.3) is 0 Å². The van der Waals surface area contributed by atoms with Crippen LogP contribution in [0.2, 0.25) is 0 Å². The molecule has 7 heteroatoms. The molecule has 20 heavy (non-hydrogen) atoms. The minimum absolute atomic E-state index is 0.00480. The van der Waals surface area contributed by atoms with Crippen LogP contribution in [0.5, 0.6) is 0 Å².